The molecular formula is C32H32N2O4. The quantitative estimate of drug-likeness (QED) is 0.230. The molecule has 6 nitrogen and oxygen atoms in total. The van der Waals surface area contributed by atoms with Crippen molar-refractivity contribution >= 4 is 23.2 Å². The standard InChI is InChI=1S/C32H32N2O4/c1-3-29(37-27-11-7-5-8-12-27)31(35)33-25-19-15-23(16-20-25)24-17-21-26(22-18-24)34-32(36)30(4-2)38-28-13-9-6-10-14-28/h5-22,29-30H,3-4H2,1-2H3,(H,33,35)(H,34,36)/t29-,30+. The Bertz CT molecular complexity index is 1200. The number of anilines is 2. The van der Waals surface area contributed by atoms with Crippen molar-refractivity contribution in [2.45, 2.75) is 38.9 Å². The van der Waals surface area contributed by atoms with Crippen LogP contribution in [0.15, 0.2) is 109 Å². The van der Waals surface area contributed by atoms with E-state index in [1.807, 2.05) is 123 Å². The molecule has 0 saturated carbocycles. The fourth-order valence-electron chi connectivity index (χ4n) is 3.91. The molecule has 0 aliphatic rings. The van der Waals surface area contributed by atoms with Crippen LogP contribution in [0, 0.1) is 0 Å². The number of carbonyl (C=O) groups excluding carboxylic acids is 2. The minimum Gasteiger partial charge on any atom is -0.481 e. The Kier molecular flexibility index (Phi) is 9.13. The molecule has 2 atom stereocenters. The maximum absolute atomic E-state index is 12.7. The van der Waals surface area contributed by atoms with Gasteiger partial charge in [-0.25, -0.2) is 0 Å². The first-order valence-corrected chi connectivity index (χ1v) is 12.8. The van der Waals surface area contributed by atoms with Crippen molar-refractivity contribution in [2.75, 3.05) is 10.6 Å². The number of para-hydroxylation sites is 2. The first-order chi connectivity index (χ1) is 18.6. The van der Waals surface area contributed by atoms with Gasteiger partial charge in [-0.2, -0.15) is 0 Å². The van der Waals surface area contributed by atoms with E-state index in [0.717, 1.165) is 11.1 Å². The average Bonchev–Trinajstić information content (AvgIpc) is 2.96. The molecule has 0 heterocycles. The second-order valence-electron chi connectivity index (χ2n) is 8.79. The van der Waals surface area contributed by atoms with Crippen LogP contribution in [0.3, 0.4) is 0 Å². The molecule has 0 aromatic heterocycles. The highest BCUT2D eigenvalue weighted by Gasteiger charge is 2.19. The molecule has 2 N–H and O–H groups in total. The molecular weight excluding hydrogens is 476 g/mol. The lowest BCUT2D eigenvalue weighted by molar-refractivity contribution is -0.123. The summed E-state index contributed by atoms with van der Waals surface area (Å²) in [5, 5.41) is 5.87. The van der Waals surface area contributed by atoms with Crippen molar-refractivity contribution < 1.29 is 19.1 Å². The number of ether oxygens (including phenoxy) is 2. The highest BCUT2D eigenvalue weighted by molar-refractivity contribution is 5.95. The molecule has 6 heteroatoms. The van der Waals surface area contributed by atoms with Gasteiger partial charge in [-0.15, -0.1) is 0 Å². The zero-order chi connectivity index (χ0) is 26.7. The normalized spacial score (nSPS) is 12.2. The summed E-state index contributed by atoms with van der Waals surface area (Å²) in [4.78, 5) is 25.4. The highest BCUT2D eigenvalue weighted by Crippen LogP contribution is 2.24. The van der Waals surface area contributed by atoms with Gasteiger partial charge in [0.2, 0.25) is 0 Å². The molecule has 0 aliphatic heterocycles. The Hall–Kier alpha value is -4.58. The van der Waals surface area contributed by atoms with Crippen LogP contribution in [-0.4, -0.2) is 24.0 Å². The van der Waals surface area contributed by atoms with Crippen LogP contribution in [0.4, 0.5) is 11.4 Å². The predicted octanol–water partition coefficient (Wildman–Crippen LogP) is 6.95. The van der Waals surface area contributed by atoms with Crippen molar-refractivity contribution in [3.8, 4) is 22.6 Å². The van der Waals surface area contributed by atoms with Gasteiger partial charge in [-0.3, -0.25) is 9.59 Å². The Morgan fingerprint density at radius 1 is 0.553 bits per heavy atom. The number of hydrogen-bond donors (Lipinski definition) is 2. The van der Waals surface area contributed by atoms with Crippen LogP contribution in [0.1, 0.15) is 26.7 Å². The molecule has 2 amide bonds. The number of amides is 2. The smallest absolute Gasteiger partial charge is 0.265 e. The summed E-state index contributed by atoms with van der Waals surface area (Å²) in [7, 11) is 0. The van der Waals surface area contributed by atoms with Gasteiger partial charge in [-0.05, 0) is 72.5 Å². The third-order valence-electron chi connectivity index (χ3n) is 6.01. The first-order valence-electron chi connectivity index (χ1n) is 12.8. The molecule has 4 rings (SSSR count). The van der Waals surface area contributed by atoms with E-state index in [2.05, 4.69) is 10.6 Å². The summed E-state index contributed by atoms with van der Waals surface area (Å²) >= 11 is 0. The molecule has 38 heavy (non-hydrogen) atoms. The predicted molar refractivity (Wildman–Crippen MR) is 151 cm³/mol. The monoisotopic (exact) mass is 508 g/mol. The van der Waals surface area contributed by atoms with E-state index < -0.39 is 12.2 Å². The molecule has 4 aromatic rings. The van der Waals surface area contributed by atoms with Gasteiger partial charge >= 0.3 is 0 Å². The van der Waals surface area contributed by atoms with Crippen LogP contribution in [0.25, 0.3) is 11.1 Å². The zero-order valence-corrected chi connectivity index (χ0v) is 21.6. The maximum Gasteiger partial charge on any atom is 0.265 e. The lowest BCUT2D eigenvalue weighted by atomic mass is 10.0. The van der Waals surface area contributed by atoms with Gasteiger partial charge in [0.15, 0.2) is 12.2 Å². The SMILES string of the molecule is CC[C@H](Oc1ccccc1)C(=O)Nc1ccc(-c2ccc(NC(=O)[C@@H](CC)Oc3ccccc3)cc2)cc1. The largest absolute Gasteiger partial charge is 0.481 e. The van der Waals surface area contributed by atoms with Crippen LogP contribution in [0.2, 0.25) is 0 Å². The summed E-state index contributed by atoms with van der Waals surface area (Å²) in [6.45, 7) is 3.84. The van der Waals surface area contributed by atoms with E-state index in [0.29, 0.717) is 35.7 Å². The van der Waals surface area contributed by atoms with Crippen molar-refractivity contribution in [3.05, 3.63) is 109 Å². The molecule has 194 valence electrons. The van der Waals surface area contributed by atoms with E-state index in [9.17, 15) is 9.59 Å². The summed E-state index contributed by atoms with van der Waals surface area (Å²) in [5.41, 5.74) is 3.38. The summed E-state index contributed by atoms with van der Waals surface area (Å²) in [6, 6.07) is 33.9. The first kappa shape index (κ1) is 26.5. The van der Waals surface area contributed by atoms with Crippen molar-refractivity contribution in [1.82, 2.24) is 0 Å². The molecule has 0 saturated heterocycles. The lowest BCUT2D eigenvalue weighted by Gasteiger charge is -2.17. The second kappa shape index (κ2) is 13.1. The van der Waals surface area contributed by atoms with Crippen molar-refractivity contribution in [1.29, 1.82) is 0 Å². The molecule has 0 spiro atoms. The Labute approximate surface area is 223 Å². The topological polar surface area (TPSA) is 76.7 Å². The molecule has 0 radical (unpaired) electrons. The van der Waals surface area contributed by atoms with E-state index >= 15 is 0 Å². The average molecular weight is 509 g/mol. The van der Waals surface area contributed by atoms with Crippen molar-refractivity contribution in [3.63, 3.8) is 0 Å². The van der Waals surface area contributed by atoms with Gasteiger partial charge in [0.05, 0.1) is 0 Å². The van der Waals surface area contributed by atoms with Gasteiger partial charge in [-0.1, -0.05) is 74.5 Å². The number of rotatable bonds is 11. The molecule has 0 unspecified atom stereocenters. The third-order valence-corrected chi connectivity index (χ3v) is 6.01. The van der Waals surface area contributed by atoms with E-state index in [4.69, 9.17) is 9.47 Å². The van der Waals surface area contributed by atoms with Crippen LogP contribution in [0.5, 0.6) is 11.5 Å². The van der Waals surface area contributed by atoms with E-state index in [1.54, 1.807) is 0 Å². The maximum atomic E-state index is 12.7. The van der Waals surface area contributed by atoms with Gasteiger partial charge < -0.3 is 20.1 Å². The zero-order valence-electron chi connectivity index (χ0n) is 21.6. The van der Waals surface area contributed by atoms with Crippen LogP contribution in [-0.2, 0) is 9.59 Å². The minimum absolute atomic E-state index is 0.189. The molecule has 0 aliphatic carbocycles. The molecule has 0 fully saturated rings. The van der Waals surface area contributed by atoms with E-state index in [1.165, 1.54) is 0 Å². The van der Waals surface area contributed by atoms with Gasteiger partial charge in [0.25, 0.3) is 11.8 Å². The summed E-state index contributed by atoms with van der Waals surface area (Å²) < 4.78 is 11.7. The second-order valence-corrected chi connectivity index (χ2v) is 8.79. The Morgan fingerprint density at radius 2 is 0.895 bits per heavy atom. The summed E-state index contributed by atoms with van der Waals surface area (Å²) in [5.74, 6) is 0.952. The molecule has 0 bridgehead atoms. The number of hydrogen-bond acceptors (Lipinski definition) is 4. The van der Waals surface area contributed by atoms with Crippen molar-refractivity contribution in [2.24, 2.45) is 0 Å². The Morgan fingerprint density at radius 3 is 1.21 bits per heavy atom. The van der Waals surface area contributed by atoms with Crippen LogP contribution < -0.4 is 20.1 Å². The fourth-order valence-corrected chi connectivity index (χ4v) is 3.91. The number of carbonyl (C=O) groups is 2. The van der Waals surface area contributed by atoms with E-state index in [-0.39, 0.29) is 11.8 Å². The lowest BCUT2D eigenvalue weighted by Crippen LogP contribution is -2.32. The molecule has 4 aromatic carbocycles. The number of benzene rings is 4. The number of nitrogens with one attached hydrogen (secondary N) is 2. The Balaban J connectivity index is 1.33. The minimum atomic E-state index is -0.578. The highest BCUT2D eigenvalue weighted by atomic mass is 16.5. The van der Waals surface area contributed by atoms with Gasteiger partial charge in [0, 0.05) is 11.4 Å². The fraction of sp³-hybridized carbons (Fsp3) is 0.188. The van der Waals surface area contributed by atoms with Gasteiger partial charge in [0.1, 0.15) is 11.5 Å². The third kappa shape index (κ3) is 7.23. The van der Waals surface area contributed by atoms with Crippen LogP contribution >= 0.6 is 0 Å². The summed E-state index contributed by atoms with van der Waals surface area (Å²) in [6.07, 6.45) is -0.0477.